The maximum atomic E-state index is 12.2. The van der Waals surface area contributed by atoms with E-state index in [9.17, 15) is 13.2 Å². The van der Waals surface area contributed by atoms with Gasteiger partial charge in [0.1, 0.15) is 0 Å². The summed E-state index contributed by atoms with van der Waals surface area (Å²) < 4.78 is 36.5. The van der Waals surface area contributed by atoms with Crippen LogP contribution in [0.5, 0.6) is 0 Å². The van der Waals surface area contributed by atoms with Crippen molar-refractivity contribution in [1.29, 1.82) is 0 Å². The van der Waals surface area contributed by atoms with Gasteiger partial charge in [0.25, 0.3) is 0 Å². The Kier molecular flexibility index (Phi) is 3.39. The molecule has 1 N–H and O–H groups in total. The van der Waals surface area contributed by atoms with Crippen molar-refractivity contribution in [2.75, 3.05) is 6.61 Å². The van der Waals surface area contributed by atoms with Gasteiger partial charge >= 0.3 is 6.18 Å². The highest BCUT2D eigenvalue weighted by atomic mass is 35.5. The van der Waals surface area contributed by atoms with Crippen molar-refractivity contribution in [3.63, 3.8) is 0 Å². The smallest absolute Gasteiger partial charge is 0.396 e. The Balaban J connectivity index is 3.01. The van der Waals surface area contributed by atoms with Crippen LogP contribution >= 0.6 is 11.6 Å². The lowest BCUT2D eigenvalue weighted by Gasteiger charge is -2.08. The first-order valence-electron chi connectivity index (χ1n) is 3.91. The van der Waals surface area contributed by atoms with Crippen LogP contribution in [0.3, 0.4) is 0 Å². The van der Waals surface area contributed by atoms with Gasteiger partial charge in [-0.1, -0.05) is 17.7 Å². The van der Waals surface area contributed by atoms with Gasteiger partial charge < -0.3 is 5.11 Å². The van der Waals surface area contributed by atoms with E-state index in [4.69, 9.17) is 16.7 Å². The van der Waals surface area contributed by atoms with Crippen molar-refractivity contribution >= 4 is 11.6 Å². The van der Waals surface area contributed by atoms with E-state index in [1.807, 2.05) is 0 Å². The number of aliphatic hydroxyl groups is 1. The van der Waals surface area contributed by atoms with Crippen molar-refractivity contribution in [1.82, 2.24) is 0 Å². The van der Waals surface area contributed by atoms with Gasteiger partial charge in [-0.2, -0.15) is 13.2 Å². The van der Waals surface area contributed by atoms with E-state index < -0.39 is 11.7 Å². The fraction of sp³-hybridized carbons (Fsp3) is 0.333. The molecule has 0 unspecified atom stereocenters. The molecule has 0 heterocycles. The van der Waals surface area contributed by atoms with E-state index >= 15 is 0 Å². The highest BCUT2D eigenvalue weighted by Gasteiger charge is 2.30. The third-order valence-electron chi connectivity index (χ3n) is 1.76. The highest BCUT2D eigenvalue weighted by Crippen LogP contribution is 2.32. The predicted molar refractivity (Wildman–Crippen MR) is 47.2 cm³/mol. The largest absolute Gasteiger partial charge is 0.416 e. The third kappa shape index (κ3) is 2.62. The Bertz CT molecular complexity index is 322. The molecule has 1 nitrogen and oxygen atoms in total. The molecule has 0 saturated heterocycles. The van der Waals surface area contributed by atoms with Crippen molar-refractivity contribution in [2.24, 2.45) is 0 Å². The van der Waals surface area contributed by atoms with E-state index in [1.54, 1.807) is 0 Å². The molecule has 1 rings (SSSR count). The Labute approximate surface area is 84.1 Å². The second kappa shape index (κ2) is 4.19. The lowest BCUT2D eigenvalue weighted by atomic mass is 10.1. The van der Waals surface area contributed by atoms with E-state index in [-0.39, 0.29) is 18.1 Å². The van der Waals surface area contributed by atoms with Gasteiger partial charge in [0, 0.05) is 11.6 Å². The van der Waals surface area contributed by atoms with Crippen molar-refractivity contribution in [3.8, 4) is 0 Å². The summed E-state index contributed by atoms with van der Waals surface area (Å²) in [5.74, 6) is 0. The molecule has 0 radical (unpaired) electrons. The number of alkyl halides is 3. The minimum absolute atomic E-state index is 0.0360. The predicted octanol–water partition coefficient (Wildman–Crippen LogP) is 2.89. The van der Waals surface area contributed by atoms with Crippen molar-refractivity contribution in [2.45, 2.75) is 12.6 Å². The molecule has 1 aromatic carbocycles. The van der Waals surface area contributed by atoms with Crippen LogP contribution in [-0.4, -0.2) is 11.7 Å². The van der Waals surface area contributed by atoms with Crippen LogP contribution in [0.25, 0.3) is 0 Å². The van der Waals surface area contributed by atoms with Gasteiger partial charge in [-0.25, -0.2) is 0 Å². The SMILES string of the molecule is OCCc1ccc(C(F)(F)F)cc1Cl. The normalized spacial score (nSPS) is 11.8. The summed E-state index contributed by atoms with van der Waals surface area (Å²) in [6.45, 7) is -0.134. The van der Waals surface area contributed by atoms with E-state index in [1.165, 1.54) is 6.07 Å². The first-order valence-corrected chi connectivity index (χ1v) is 4.29. The topological polar surface area (TPSA) is 20.2 Å². The number of hydrogen-bond donors (Lipinski definition) is 1. The molecule has 0 aromatic heterocycles. The van der Waals surface area contributed by atoms with Crippen molar-refractivity contribution < 1.29 is 18.3 Å². The van der Waals surface area contributed by atoms with Crippen LogP contribution in [0.1, 0.15) is 11.1 Å². The van der Waals surface area contributed by atoms with E-state index in [2.05, 4.69) is 0 Å². The van der Waals surface area contributed by atoms with Gasteiger partial charge in [-0.3, -0.25) is 0 Å². The second-order valence-corrected chi connectivity index (χ2v) is 3.18. The van der Waals surface area contributed by atoms with Crippen LogP contribution in [0.2, 0.25) is 5.02 Å². The van der Waals surface area contributed by atoms with Crippen LogP contribution in [0.15, 0.2) is 18.2 Å². The molecule has 14 heavy (non-hydrogen) atoms. The monoisotopic (exact) mass is 224 g/mol. The summed E-state index contributed by atoms with van der Waals surface area (Å²) in [4.78, 5) is 0. The van der Waals surface area contributed by atoms with Gasteiger partial charge in [-0.05, 0) is 24.1 Å². The molecule has 0 bridgehead atoms. The minimum Gasteiger partial charge on any atom is -0.396 e. The third-order valence-corrected chi connectivity index (χ3v) is 2.11. The average Bonchev–Trinajstić information content (AvgIpc) is 2.07. The minimum atomic E-state index is -4.37. The molecule has 1 aromatic rings. The molecular weight excluding hydrogens is 217 g/mol. The molecule has 0 fully saturated rings. The average molecular weight is 225 g/mol. The lowest BCUT2D eigenvalue weighted by Crippen LogP contribution is -2.05. The summed E-state index contributed by atoms with van der Waals surface area (Å²) in [6.07, 6.45) is -4.11. The summed E-state index contributed by atoms with van der Waals surface area (Å²) >= 11 is 5.60. The Morgan fingerprint density at radius 2 is 1.93 bits per heavy atom. The van der Waals surface area contributed by atoms with Gasteiger partial charge in [-0.15, -0.1) is 0 Å². The number of rotatable bonds is 2. The zero-order valence-electron chi connectivity index (χ0n) is 7.11. The first-order chi connectivity index (χ1) is 6.45. The maximum absolute atomic E-state index is 12.2. The van der Waals surface area contributed by atoms with Gasteiger partial charge in [0.2, 0.25) is 0 Å². The van der Waals surface area contributed by atoms with Gasteiger partial charge in [0.05, 0.1) is 5.56 Å². The molecule has 0 aliphatic carbocycles. The van der Waals surface area contributed by atoms with Crippen LogP contribution in [0.4, 0.5) is 13.2 Å². The molecule has 0 aliphatic rings. The summed E-state index contributed by atoms with van der Waals surface area (Å²) in [5.41, 5.74) is -0.258. The quantitative estimate of drug-likeness (QED) is 0.819. The fourth-order valence-corrected chi connectivity index (χ4v) is 1.32. The first kappa shape index (κ1) is 11.3. The number of hydrogen-bond acceptors (Lipinski definition) is 1. The zero-order chi connectivity index (χ0) is 10.8. The Hall–Kier alpha value is -0.740. The van der Waals surface area contributed by atoms with E-state index in [0.717, 1.165) is 12.1 Å². The number of benzene rings is 1. The molecule has 0 amide bonds. The molecule has 78 valence electrons. The van der Waals surface area contributed by atoms with Gasteiger partial charge in [0.15, 0.2) is 0 Å². The molecule has 5 heteroatoms. The molecule has 0 spiro atoms. The zero-order valence-corrected chi connectivity index (χ0v) is 7.86. The molecule has 0 saturated carbocycles. The molecule has 0 atom stereocenters. The Morgan fingerprint density at radius 3 is 2.36 bits per heavy atom. The van der Waals surface area contributed by atoms with E-state index in [0.29, 0.717) is 5.56 Å². The summed E-state index contributed by atoms with van der Waals surface area (Å²) in [5, 5.41) is 8.63. The molecular formula is C9H8ClF3O. The highest BCUT2D eigenvalue weighted by molar-refractivity contribution is 6.31. The van der Waals surface area contributed by atoms with Crippen LogP contribution < -0.4 is 0 Å². The number of aliphatic hydroxyl groups excluding tert-OH is 1. The maximum Gasteiger partial charge on any atom is 0.416 e. The summed E-state index contributed by atoms with van der Waals surface area (Å²) in [7, 11) is 0. The lowest BCUT2D eigenvalue weighted by molar-refractivity contribution is -0.137. The van der Waals surface area contributed by atoms with Crippen LogP contribution in [0, 0.1) is 0 Å². The van der Waals surface area contributed by atoms with Crippen LogP contribution in [-0.2, 0) is 12.6 Å². The van der Waals surface area contributed by atoms with Crippen molar-refractivity contribution in [3.05, 3.63) is 34.3 Å². The molecule has 0 aliphatic heterocycles. The second-order valence-electron chi connectivity index (χ2n) is 2.78. The standard InChI is InChI=1S/C9H8ClF3O/c10-8-5-7(9(11,12)13)2-1-6(8)3-4-14/h1-2,5,14H,3-4H2. The Morgan fingerprint density at radius 1 is 1.29 bits per heavy atom. The summed E-state index contributed by atoms with van der Waals surface area (Å²) in [6, 6.07) is 3.10. The fourth-order valence-electron chi connectivity index (χ4n) is 1.05. The number of halogens is 4.